The number of hydrogen-bond donors (Lipinski definition) is 1. The Morgan fingerprint density at radius 3 is 2.13 bits per heavy atom. The van der Waals surface area contributed by atoms with Crippen LogP contribution in [0.25, 0.3) is 0 Å². The zero-order valence-corrected chi connectivity index (χ0v) is 17.6. The lowest BCUT2D eigenvalue weighted by Crippen LogP contribution is -2.57. The van der Waals surface area contributed by atoms with Crippen molar-refractivity contribution in [2.75, 3.05) is 6.54 Å². The van der Waals surface area contributed by atoms with E-state index in [2.05, 4.69) is 5.32 Å². The Bertz CT molecular complexity index is 829. The van der Waals surface area contributed by atoms with Crippen molar-refractivity contribution in [3.05, 3.63) is 35.4 Å². The van der Waals surface area contributed by atoms with Crippen molar-refractivity contribution in [3.63, 3.8) is 0 Å². The van der Waals surface area contributed by atoms with Crippen LogP contribution in [0.3, 0.4) is 0 Å². The zero-order chi connectivity index (χ0) is 21.8. The minimum absolute atomic E-state index is 0.160. The molecule has 168 valence electrons. The second-order valence-electron chi connectivity index (χ2n) is 10.3. The van der Waals surface area contributed by atoms with Crippen LogP contribution in [0.4, 0.5) is 13.2 Å². The number of carbonyl (C=O) groups is 2. The number of amides is 2. The number of nitrogens with zero attached hydrogens (tertiary/aromatic N) is 1. The van der Waals surface area contributed by atoms with E-state index in [0.717, 1.165) is 37.8 Å². The van der Waals surface area contributed by atoms with E-state index >= 15 is 0 Å². The average molecular weight is 435 g/mol. The van der Waals surface area contributed by atoms with E-state index in [4.69, 9.17) is 0 Å². The van der Waals surface area contributed by atoms with E-state index in [1.165, 1.54) is 31.4 Å². The number of carbonyl (C=O) groups excluding carboxylic acids is 2. The van der Waals surface area contributed by atoms with E-state index in [0.29, 0.717) is 36.3 Å². The quantitative estimate of drug-likeness (QED) is 0.757. The minimum Gasteiger partial charge on any atom is -0.350 e. The number of hydrogen-bond acceptors (Lipinski definition) is 2. The van der Waals surface area contributed by atoms with Gasteiger partial charge in [-0.3, -0.25) is 9.59 Å². The predicted molar refractivity (Wildman–Crippen MR) is 109 cm³/mol. The Morgan fingerprint density at radius 2 is 1.58 bits per heavy atom. The molecular weight excluding hydrogens is 405 g/mol. The molecule has 4 aliphatic carbocycles. The number of halogens is 3. The highest BCUT2D eigenvalue weighted by Gasteiger charge is 2.56. The predicted octanol–water partition coefficient (Wildman–Crippen LogP) is 4.53. The minimum atomic E-state index is -4.37. The molecule has 1 aromatic carbocycles. The smallest absolute Gasteiger partial charge is 0.350 e. The largest absolute Gasteiger partial charge is 0.416 e. The summed E-state index contributed by atoms with van der Waals surface area (Å²) in [4.78, 5) is 28.4. The number of nitrogens with one attached hydrogen (secondary N) is 1. The molecule has 7 heteroatoms. The van der Waals surface area contributed by atoms with Crippen molar-refractivity contribution >= 4 is 11.8 Å². The maximum absolute atomic E-state index is 13.7. The number of alkyl halides is 3. The van der Waals surface area contributed by atoms with Crippen LogP contribution < -0.4 is 5.32 Å². The van der Waals surface area contributed by atoms with Crippen LogP contribution >= 0.6 is 0 Å². The fourth-order valence-electron chi connectivity index (χ4n) is 7.08. The summed E-state index contributed by atoms with van der Waals surface area (Å²) in [6.07, 6.45) is 3.84. The van der Waals surface area contributed by atoms with Crippen LogP contribution in [0.15, 0.2) is 24.3 Å². The van der Waals surface area contributed by atoms with Gasteiger partial charge in [-0.15, -0.1) is 0 Å². The fraction of sp³-hybridized carbons (Fsp3) is 0.667. The number of benzene rings is 1. The monoisotopic (exact) mass is 434 g/mol. The molecule has 31 heavy (non-hydrogen) atoms. The van der Waals surface area contributed by atoms with Crippen LogP contribution in [0.1, 0.15) is 62.5 Å². The molecule has 1 heterocycles. The Hall–Kier alpha value is -2.05. The van der Waals surface area contributed by atoms with E-state index in [1.54, 1.807) is 0 Å². The molecule has 0 aromatic heterocycles. The third kappa shape index (κ3) is 3.85. The average Bonchev–Trinajstić information content (AvgIpc) is 3.20. The van der Waals surface area contributed by atoms with Gasteiger partial charge in [-0.1, -0.05) is 12.1 Å². The van der Waals surface area contributed by atoms with E-state index in [9.17, 15) is 22.8 Å². The van der Waals surface area contributed by atoms with Gasteiger partial charge in [-0.05, 0) is 86.8 Å². The van der Waals surface area contributed by atoms with E-state index in [1.807, 2.05) is 4.90 Å². The molecule has 1 atom stereocenters. The molecule has 5 fully saturated rings. The first-order chi connectivity index (χ1) is 14.7. The van der Waals surface area contributed by atoms with Gasteiger partial charge < -0.3 is 10.2 Å². The summed E-state index contributed by atoms with van der Waals surface area (Å²) in [6, 6.07) is 4.36. The van der Waals surface area contributed by atoms with Crippen molar-refractivity contribution in [3.8, 4) is 0 Å². The molecule has 4 nitrogen and oxygen atoms in total. The molecule has 6 rings (SSSR count). The summed E-state index contributed by atoms with van der Waals surface area (Å²) in [6.45, 7) is 0.784. The third-order valence-electron chi connectivity index (χ3n) is 8.06. The summed E-state index contributed by atoms with van der Waals surface area (Å²) >= 11 is 0. The second-order valence-corrected chi connectivity index (χ2v) is 10.3. The van der Waals surface area contributed by atoms with Gasteiger partial charge in [0.15, 0.2) is 0 Å². The summed E-state index contributed by atoms with van der Waals surface area (Å²) in [5, 5.41) is 2.84. The first kappa shape index (κ1) is 20.8. The molecule has 0 spiro atoms. The first-order valence-corrected chi connectivity index (χ1v) is 11.5. The van der Waals surface area contributed by atoms with Gasteiger partial charge in [0, 0.05) is 13.1 Å². The maximum atomic E-state index is 13.7. The third-order valence-corrected chi connectivity index (χ3v) is 8.06. The number of likely N-dealkylation sites (tertiary alicyclic amines) is 1. The van der Waals surface area contributed by atoms with Gasteiger partial charge in [0.1, 0.15) is 6.04 Å². The lowest BCUT2D eigenvalue weighted by Gasteiger charge is -2.56. The van der Waals surface area contributed by atoms with Gasteiger partial charge in [0.2, 0.25) is 11.8 Å². The second kappa shape index (κ2) is 7.52. The molecule has 1 saturated heterocycles. The van der Waals surface area contributed by atoms with Crippen molar-refractivity contribution in [2.24, 2.45) is 23.2 Å². The molecule has 5 aliphatic rings. The highest BCUT2D eigenvalue weighted by molar-refractivity contribution is 5.91. The van der Waals surface area contributed by atoms with Crippen LogP contribution in [-0.2, 0) is 22.3 Å². The number of rotatable bonds is 4. The summed E-state index contributed by atoms with van der Waals surface area (Å²) in [7, 11) is 0. The Kier molecular flexibility index (Phi) is 5.05. The maximum Gasteiger partial charge on any atom is 0.416 e. The molecule has 1 N–H and O–H groups in total. The standard InChI is InChI=1S/C24H29F3N2O2/c25-24(26,27)19-5-3-15(4-6-19)14-28-21(30)20-2-1-7-29(20)22(31)23-11-16-8-17(12-23)10-18(9-16)13-23/h3-6,16-18,20H,1-2,7-14H2,(H,28,30)/t16?,17?,18?,20-,23?/m0/s1. The summed E-state index contributed by atoms with van der Waals surface area (Å²) in [5.74, 6) is 1.99. The van der Waals surface area contributed by atoms with Gasteiger partial charge >= 0.3 is 6.18 Å². The molecule has 2 amide bonds. The summed E-state index contributed by atoms with van der Waals surface area (Å²) in [5.41, 5.74) is -0.352. The SMILES string of the molecule is O=C(NCc1ccc(C(F)(F)F)cc1)[C@@H]1CCCN1C(=O)C12CC3CC(CC(C3)C1)C2. The first-order valence-electron chi connectivity index (χ1n) is 11.5. The lowest BCUT2D eigenvalue weighted by molar-refractivity contribution is -0.160. The molecule has 0 unspecified atom stereocenters. The van der Waals surface area contributed by atoms with E-state index in [-0.39, 0.29) is 23.8 Å². The zero-order valence-electron chi connectivity index (χ0n) is 17.6. The van der Waals surface area contributed by atoms with Gasteiger partial charge in [-0.2, -0.15) is 13.2 Å². The van der Waals surface area contributed by atoms with Gasteiger partial charge in [0.25, 0.3) is 0 Å². The van der Waals surface area contributed by atoms with Crippen LogP contribution in [0, 0.1) is 23.2 Å². The highest BCUT2D eigenvalue weighted by atomic mass is 19.4. The van der Waals surface area contributed by atoms with Crippen molar-refractivity contribution in [2.45, 2.75) is 70.1 Å². The Balaban J connectivity index is 1.23. The highest BCUT2D eigenvalue weighted by Crippen LogP contribution is 2.60. The van der Waals surface area contributed by atoms with Crippen molar-refractivity contribution in [1.29, 1.82) is 0 Å². The lowest BCUT2D eigenvalue weighted by atomic mass is 9.49. The Morgan fingerprint density at radius 1 is 1.00 bits per heavy atom. The van der Waals surface area contributed by atoms with Crippen molar-refractivity contribution in [1.82, 2.24) is 10.2 Å². The topological polar surface area (TPSA) is 49.4 Å². The molecule has 4 saturated carbocycles. The van der Waals surface area contributed by atoms with Crippen LogP contribution in [0.5, 0.6) is 0 Å². The van der Waals surface area contributed by atoms with Crippen molar-refractivity contribution < 1.29 is 22.8 Å². The Labute approximate surface area is 180 Å². The van der Waals surface area contributed by atoms with Crippen LogP contribution in [0.2, 0.25) is 0 Å². The molecule has 1 aliphatic heterocycles. The van der Waals surface area contributed by atoms with Crippen LogP contribution in [-0.4, -0.2) is 29.3 Å². The fourth-order valence-corrected chi connectivity index (χ4v) is 7.08. The van der Waals surface area contributed by atoms with Gasteiger partial charge in [0.05, 0.1) is 11.0 Å². The van der Waals surface area contributed by atoms with E-state index < -0.39 is 17.8 Å². The van der Waals surface area contributed by atoms with Gasteiger partial charge in [-0.25, -0.2) is 0 Å². The molecule has 0 radical (unpaired) electrons. The summed E-state index contributed by atoms with van der Waals surface area (Å²) < 4.78 is 38.2. The normalized spacial score (nSPS) is 34.2. The molecule has 1 aromatic rings. The molecule has 4 bridgehead atoms. The molecular formula is C24H29F3N2O2.